The minimum atomic E-state index is 0.131. The zero-order valence-electron chi connectivity index (χ0n) is 11.4. The lowest BCUT2D eigenvalue weighted by atomic mass is 10.2. The average Bonchev–Trinajstić information content (AvgIpc) is 2.83. The van der Waals surface area contributed by atoms with Crippen molar-refractivity contribution in [3.05, 3.63) is 46.2 Å². The molecule has 0 amide bonds. The Hall–Kier alpha value is -0.680. The van der Waals surface area contributed by atoms with Crippen LogP contribution in [0.25, 0.3) is 0 Å². The van der Waals surface area contributed by atoms with E-state index >= 15 is 0 Å². The first-order valence-electron chi connectivity index (χ1n) is 6.43. The van der Waals surface area contributed by atoms with E-state index in [-0.39, 0.29) is 6.04 Å². The minimum Gasteiger partial charge on any atom is -0.311 e. The molecule has 3 nitrogen and oxygen atoms in total. The molecule has 0 spiro atoms. The summed E-state index contributed by atoms with van der Waals surface area (Å²) in [6.45, 7) is 2.86. The molecule has 1 atom stereocenters. The van der Waals surface area contributed by atoms with Gasteiger partial charge in [0.25, 0.3) is 0 Å². The molecule has 1 aromatic carbocycles. The highest BCUT2D eigenvalue weighted by molar-refractivity contribution is 7.99. The second kappa shape index (κ2) is 7.36. The SMILES string of the molecule is CCn1ncc(Cl)c1C(CSc1ccccc1Cl)NC. The van der Waals surface area contributed by atoms with Crippen molar-refractivity contribution in [3.8, 4) is 0 Å². The van der Waals surface area contributed by atoms with Gasteiger partial charge in [-0.3, -0.25) is 4.68 Å². The predicted octanol–water partition coefficient (Wildman–Crippen LogP) is 4.26. The third kappa shape index (κ3) is 3.50. The molecule has 1 heterocycles. The van der Waals surface area contributed by atoms with E-state index in [4.69, 9.17) is 23.2 Å². The zero-order valence-corrected chi connectivity index (χ0v) is 13.8. The van der Waals surface area contributed by atoms with Crippen molar-refractivity contribution in [1.82, 2.24) is 15.1 Å². The number of benzene rings is 1. The topological polar surface area (TPSA) is 29.9 Å². The summed E-state index contributed by atoms with van der Waals surface area (Å²) in [5, 5.41) is 9.07. The van der Waals surface area contributed by atoms with Crippen molar-refractivity contribution < 1.29 is 0 Å². The van der Waals surface area contributed by atoms with Gasteiger partial charge in [0.2, 0.25) is 0 Å². The minimum absolute atomic E-state index is 0.131. The van der Waals surface area contributed by atoms with E-state index in [0.29, 0.717) is 5.02 Å². The Kier molecular flexibility index (Phi) is 5.78. The molecule has 0 aliphatic rings. The summed E-state index contributed by atoms with van der Waals surface area (Å²) in [6.07, 6.45) is 1.70. The lowest BCUT2D eigenvalue weighted by Gasteiger charge is -2.18. The smallest absolute Gasteiger partial charge is 0.0834 e. The van der Waals surface area contributed by atoms with Gasteiger partial charge in [-0.15, -0.1) is 11.8 Å². The van der Waals surface area contributed by atoms with Crippen LogP contribution in [-0.4, -0.2) is 22.6 Å². The van der Waals surface area contributed by atoms with Gasteiger partial charge in [0.15, 0.2) is 0 Å². The number of thioether (sulfide) groups is 1. The van der Waals surface area contributed by atoms with Gasteiger partial charge in [0.1, 0.15) is 0 Å². The molecular weight excluding hydrogens is 313 g/mol. The van der Waals surface area contributed by atoms with Crippen LogP contribution in [0.15, 0.2) is 35.4 Å². The number of hydrogen-bond donors (Lipinski definition) is 1. The molecule has 0 saturated heterocycles. The summed E-state index contributed by atoms with van der Waals surface area (Å²) < 4.78 is 1.93. The van der Waals surface area contributed by atoms with E-state index in [1.807, 2.05) is 36.0 Å². The van der Waals surface area contributed by atoms with Crippen molar-refractivity contribution in [2.24, 2.45) is 0 Å². The van der Waals surface area contributed by atoms with E-state index in [1.54, 1.807) is 18.0 Å². The van der Waals surface area contributed by atoms with Gasteiger partial charge in [-0.2, -0.15) is 5.10 Å². The highest BCUT2D eigenvalue weighted by atomic mass is 35.5. The highest BCUT2D eigenvalue weighted by Gasteiger charge is 2.19. The molecule has 6 heteroatoms. The van der Waals surface area contributed by atoms with Crippen molar-refractivity contribution in [3.63, 3.8) is 0 Å². The van der Waals surface area contributed by atoms with E-state index in [0.717, 1.165) is 27.9 Å². The van der Waals surface area contributed by atoms with Crippen LogP contribution in [0.4, 0.5) is 0 Å². The average molecular weight is 330 g/mol. The van der Waals surface area contributed by atoms with Gasteiger partial charge in [-0.05, 0) is 26.1 Å². The number of halogens is 2. The van der Waals surface area contributed by atoms with Gasteiger partial charge in [-0.1, -0.05) is 35.3 Å². The molecule has 1 N–H and O–H groups in total. The first-order valence-corrected chi connectivity index (χ1v) is 8.17. The Bertz CT molecular complexity index is 571. The maximum Gasteiger partial charge on any atom is 0.0834 e. The summed E-state index contributed by atoms with van der Waals surface area (Å²) in [5.74, 6) is 0.839. The summed E-state index contributed by atoms with van der Waals surface area (Å²) >= 11 is 14.1. The highest BCUT2D eigenvalue weighted by Crippen LogP contribution is 2.32. The predicted molar refractivity (Wildman–Crippen MR) is 86.9 cm³/mol. The van der Waals surface area contributed by atoms with Crippen molar-refractivity contribution in [2.45, 2.75) is 24.4 Å². The molecule has 2 rings (SSSR count). The summed E-state index contributed by atoms with van der Waals surface area (Å²) in [5.41, 5.74) is 1.02. The molecule has 0 aliphatic heterocycles. The van der Waals surface area contributed by atoms with Gasteiger partial charge in [-0.25, -0.2) is 0 Å². The molecule has 1 unspecified atom stereocenters. The molecule has 1 aromatic heterocycles. The van der Waals surface area contributed by atoms with Gasteiger partial charge in [0, 0.05) is 17.2 Å². The largest absolute Gasteiger partial charge is 0.311 e. The monoisotopic (exact) mass is 329 g/mol. The second-order valence-electron chi connectivity index (χ2n) is 4.28. The molecule has 0 bridgehead atoms. The Labute approximate surface area is 133 Å². The second-order valence-corrected chi connectivity index (χ2v) is 6.15. The fourth-order valence-electron chi connectivity index (χ4n) is 2.00. The lowest BCUT2D eigenvalue weighted by Crippen LogP contribution is -2.22. The van der Waals surface area contributed by atoms with Crippen LogP contribution in [0, 0.1) is 0 Å². The van der Waals surface area contributed by atoms with Crippen LogP contribution in [0.3, 0.4) is 0 Å². The third-order valence-electron chi connectivity index (χ3n) is 3.05. The molecule has 2 aromatic rings. The fourth-order valence-corrected chi connectivity index (χ4v) is 3.63. The zero-order chi connectivity index (χ0) is 14.5. The number of nitrogens with zero attached hydrogens (tertiary/aromatic N) is 2. The molecule has 20 heavy (non-hydrogen) atoms. The summed E-state index contributed by atoms with van der Waals surface area (Å²) in [7, 11) is 1.93. The van der Waals surface area contributed by atoms with E-state index < -0.39 is 0 Å². The number of aromatic nitrogens is 2. The first-order chi connectivity index (χ1) is 9.67. The quantitative estimate of drug-likeness (QED) is 0.803. The van der Waals surface area contributed by atoms with Gasteiger partial charge in [0.05, 0.1) is 28.0 Å². The molecule has 108 valence electrons. The van der Waals surface area contributed by atoms with E-state index in [9.17, 15) is 0 Å². The van der Waals surface area contributed by atoms with Crippen LogP contribution < -0.4 is 5.32 Å². The number of aryl methyl sites for hydroxylation is 1. The van der Waals surface area contributed by atoms with Crippen molar-refractivity contribution in [1.29, 1.82) is 0 Å². The van der Waals surface area contributed by atoms with Gasteiger partial charge < -0.3 is 5.32 Å². The van der Waals surface area contributed by atoms with Crippen molar-refractivity contribution >= 4 is 35.0 Å². The third-order valence-corrected chi connectivity index (χ3v) is 4.95. The van der Waals surface area contributed by atoms with E-state index in [1.165, 1.54) is 0 Å². The Morgan fingerprint density at radius 2 is 2.05 bits per heavy atom. The van der Waals surface area contributed by atoms with Crippen LogP contribution in [-0.2, 0) is 6.54 Å². The number of hydrogen-bond acceptors (Lipinski definition) is 3. The molecule has 0 radical (unpaired) electrons. The van der Waals surface area contributed by atoms with Crippen LogP contribution in [0.5, 0.6) is 0 Å². The summed E-state index contributed by atoms with van der Waals surface area (Å²) in [6, 6.07) is 7.99. The maximum atomic E-state index is 6.25. The molecule has 0 saturated carbocycles. The fraction of sp³-hybridized carbons (Fsp3) is 0.357. The number of nitrogens with one attached hydrogen (secondary N) is 1. The normalized spacial score (nSPS) is 12.6. The van der Waals surface area contributed by atoms with Gasteiger partial charge >= 0.3 is 0 Å². The lowest BCUT2D eigenvalue weighted by molar-refractivity contribution is 0.549. The van der Waals surface area contributed by atoms with Crippen LogP contribution in [0.2, 0.25) is 10.0 Å². The first kappa shape index (κ1) is 15.7. The molecular formula is C14H17Cl2N3S. The maximum absolute atomic E-state index is 6.25. The molecule has 0 fully saturated rings. The number of rotatable bonds is 6. The van der Waals surface area contributed by atoms with E-state index in [2.05, 4.69) is 17.3 Å². The van der Waals surface area contributed by atoms with Crippen molar-refractivity contribution in [2.75, 3.05) is 12.8 Å². The van der Waals surface area contributed by atoms with Crippen LogP contribution >= 0.6 is 35.0 Å². The summed E-state index contributed by atoms with van der Waals surface area (Å²) in [4.78, 5) is 1.08. The standard InChI is InChI=1S/C14H17Cl2N3S/c1-3-19-14(11(16)8-18-19)12(17-2)9-20-13-7-5-4-6-10(13)15/h4-8,12,17H,3,9H2,1-2H3. The Morgan fingerprint density at radius 3 is 2.70 bits per heavy atom. The van der Waals surface area contributed by atoms with Crippen LogP contribution in [0.1, 0.15) is 18.7 Å². The Balaban J connectivity index is 2.13. The molecule has 0 aliphatic carbocycles. The Morgan fingerprint density at radius 1 is 1.30 bits per heavy atom.